The fourth-order valence-corrected chi connectivity index (χ4v) is 4.16. The van der Waals surface area contributed by atoms with Crippen LogP contribution in [0.5, 0.6) is 0 Å². The van der Waals surface area contributed by atoms with E-state index in [1.807, 2.05) is 7.05 Å². The number of hydrogen-bond acceptors (Lipinski definition) is 3. The first-order valence-corrected chi connectivity index (χ1v) is 9.00. The van der Waals surface area contributed by atoms with E-state index in [1.165, 1.54) is 65.0 Å². The van der Waals surface area contributed by atoms with Gasteiger partial charge in [-0.3, -0.25) is 9.89 Å². The number of guanidine groups is 1. The lowest BCUT2D eigenvalue weighted by Gasteiger charge is -2.39. The second-order valence-electron chi connectivity index (χ2n) is 7.64. The topological polar surface area (TPSA) is 34.1 Å². The van der Waals surface area contributed by atoms with Crippen molar-refractivity contribution in [3.8, 4) is 0 Å². The lowest BCUT2D eigenvalue weighted by Crippen LogP contribution is -2.52. The summed E-state index contributed by atoms with van der Waals surface area (Å²) in [5, 5.41) is 3.63. The number of aliphatic imine (C=N–C) groups is 1. The minimum Gasteiger partial charge on any atom is -0.355 e. The summed E-state index contributed by atoms with van der Waals surface area (Å²) in [5.74, 6) is 1.12. The van der Waals surface area contributed by atoms with Crippen LogP contribution < -0.4 is 5.32 Å². The van der Waals surface area contributed by atoms with Gasteiger partial charge in [0.25, 0.3) is 0 Å². The van der Waals surface area contributed by atoms with E-state index in [9.17, 15) is 0 Å². The van der Waals surface area contributed by atoms with E-state index in [-0.39, 0.29) is 24.0 Å². The van der Waals surface area contributed by atoms with Crippen LogP contribution in [0.25, 0.3) is 0 Å². The van der Waals surface area contributed by atoms with Gasteiger partial charge in [-0.15, -0.1) is 24.0 Å². The standard InChI is InChI=1S/C17H33N5.HI/c1-15(21-11-9-20(3)10-12-21)13-19-16(18-2)22-8-7-17(14-22)5-4-6-17;/h15H,4-14H2,1-3H3,(H,18,19);1H. The van der Waals surface area contributed by atoms with Gasteiger partial charge in [-0.1, -0.05) is 6.42 Å². The lowest BCUT2D eigenvalue weighted by atomic mass is 9.68. The number of rotatable bonds is 3. The van der Waals surface area contributed by atoms with E-state index in [0.717, 1.165) is 12.5 Å². The Morgan fingerprint density at radius 1 is 1.13 bits per heavy atom. The molecule has 23 heavy (non-hydrogen) atoms. The van der Waals surface area contributed by atoms with Gasteiger partial charge in [-0.2, -0.15) is 0 Å². The van der Waals surface area contributed by atoms with Crippen LogP contribution in [0.2, 0.25) is 0 Å². The summed E-state index contributed by atoms with van der Waals surface area (Å²) < 4.78 is 0. The van der Waals surface area contributed by atoms with Crippen molar-refractivity contribution >= 4 is 29.9 Å². The van der Waals surface area contributed by atoms with Crippen LogP contribution in [0.4, 0.5) is 0 Å². The molecule has 2 heterocycles. The van der Waals surface area contributed by atoms with Crippen molar-refractivity contribution in [1.29, 1.82) is 0 Å². The molecule has 3 fully saturated rings. The molecule has 3 aliphatic rings. The predicted molar refractivity (Wildman–Crippen MR) is 108 cm³/mol. The molecule has 3 rings (SSSR count). The summed E-state index contributed by atoms with van der Waals surface area (Å²) in [4.78, 5) is 12.0. The molecule has 1 unspecified atom stereocenters. The van der Waals surface area contributed by atoms with Gasteiger partial charge < -0.3 is 15.1 Å². The molecule has 1 atom stereocenters. The normalized spacial score (nSPS) is 26.7. The van der Waals surface area contributed by atoms with Crippen molar-refractivity contribution in [2.45, 2.75) is 38.6 Å². The van der Waals surface area contributed by atoms with Gasteiger partial charge in [0, 0.05) is 58.9 Å². The molecule has 134 valence electrons. The van der Waals surface area contributed by atoms with Crippen molar-refractivity contribution in [2.75, 3.05) is 59.9 Å². The molecular formula is C17H34IN5. The van der Waals surface area contributed by atoms with Gasteiger partial charge in [-0.05, 0) is 38.6 Å². The molecule has 0 aromatic rings. The molecule has 2 saturated heterocycles. The zero-order valence-corrected chi connectivity index (χ0v) is 17.4. The minimum absolute atomic E-state index is 0. The SMILES string of the molecule is CN=C(NCC(C)N1CCN(C)CC1)N1CCC2(CCC2)C1.I. The van der Waals surface area contributed by atoms with Gasteiger partial charge in [-0.25, -0.2) is 0 Å². The highest BCUT2D eigenvalue weighted by Gasteiger charge is 2.43. The van der Waals surface area contributed by atoms with Crippen LogP contribution in [-0.4, -0.2) is 86.6 Å². The van der Waals surface area contributed by atoms with Crippen LogP contribution in [0.3, 0.4) is 0 Å². The van der Waals surface area contributed by atoms with E-state index in [2.05, 4.69) is 39.0 Å². The highest BCUT2D eigenvalue weighted by Crippen LogP contribution is 2.47. The summed E-state index contributed by atoms with van der Waals surface area (Å²) in [6.45, 7) is 10.5. The molecule has 0 aromatic carbocycles. The van der Waals surface area contributed by atoms with Gasteiger partial charge in [0.1, 0.15) is 0 Å². The van der Waals surface area contributed by atoms with Crippen LogP contribution in [0.1, 0.15) is 32.6 Å². The molecule has 0 radical (unpaired) electrons. The molecule has 0 amide bonds. The van der Waals surface area contributed by atoms with Crippen molar-refractivity contribution in [2.24, 2.45) is 10.4 Å². The van der Waals surface area contributed by atoms with Crippen molar-refractivity contribution in [3.05, 3.63) is 0 Å². The monoisotopic (exact) mass is 435 g/mol. The number of halogens is 1. The number of hydrogen-bond donors (Lipinski definition) is 1. The Hall–Kier alpha value is -0.0800. The zero-order valence-electron chi connectivity index (χ0n) is 15.1. The van der Waals surface area contributed by atoms with Crippen LogP contribution in [-0.2, 0) is 0 Å². The summed E-state index contributed by atoms with van der Waals surface area (Å²) >= 11 is 0. The number of nitrogens with zero attached hydrogens (tertiary/aromatic N) is 4. The van der Waals surface area contributed by atoms with E-state index in [4.69, 9.17) is 0 Å². The van der Waals surface area contributed by atoms with Gasteiger partial charge in [0.2, 0.25) is 0 Å². The Bertz CT molecular complexity index is 402. The Kier molecular flexibility index (Phi) is 6.98. The van der Waals surface area contributed by atoms with E-state index in [1.54, 1.807) is 0 Å². The smallest absolute Gasteiger partial charge is 0.193 e. The highest BCUT2D eigenvalue weighted by molar-refractivity contribution is 14.0. The molecule has 0 bridgehead atoms. The Morgan fingerprint density at radius 3 is 2.35 bits per heavy atom. The third-order valence-corrected chi connectivity index (χ3v) is 6.08. The maximum absolute atomic E-state index is 4.53. The average molecular weight is 435 g/mol. The van der Waals surface area contributed by atoms with Crippen molar-refractivity contribution < 1.29 is 0 Å². The minimum atomic E-state index is 0. The number of nitrogens with one attached hydrogen (secondary N) is 1. The molecule has 1 aliphatic carbocycles. The van der Waals surface area contributed by atoms with E-state index in [0.29, 0.717) is 11.5 Å². The van der Waals surface area contributed by atoms with Crippen molar-refractivity contribution in [3.63, 3.8) is 0 Å². The third-order valence-electron chi connectivity index (χ3n) is 6.08. The van der Waals surface area contributed by atoms with Crippen LogP contribution in [0, 0.1) is 5.41 Å². The summed E-state index contributed by atoms with van der Waals surface area (Å²) in [6.07, 6.45) is 5.65. The fourth-order valence-electron chi connectivity index (χ4n) is 4.16. The molecule has 2 aliphatic heterocycles. The Labute approximate surface area is 158 Å². The first kappa shape index (κ1) is 19.2. The lowest BCUT2D eigenvalue weighted by molar-refractivity contribution is 0.119. The number of likely N-dealkylation sites (tertiary alicyclic amines) is 1. The summed E-state index contributed by atoms with van der Waals surface area (Å²) in [6, 6.07) is 0.575. The number of piperazine rings is 1. The molecule has 5 nitrogen and oxygen atoms in total. The second-order valence-corrected chi connectivity index (χ2v) is 7.64. The first-order chi connectivity index (χ1) is 10.6. The third kappa shape index (κ3) is 4.51. The Morgan fingerprint density at radius 2 is 1.83 bits per heavy atom. The molecular weight excluding hydrogens is 401 g/mol. The van der Waals surface area contributed by atoms with Crippen LogP contribution in [0.15, 0.2) is 4.99 Å². The predicted octanol–water partition coefficient (Wildman–Crippen LogP) is 1.69. The molecule has 1 N–H and O–H groups in total. The maximum atomic E-state index is 4.53. The molecule has 1 saturated carbocycles. The molecule has 6 heteroatoms. The van der Waals surface area contributed by atoms with Crippen molar-refractivity contribution in [1.82, 2.24) is 20.0 Å². The first-order valence-electron chi connectivity index (χ1n) is 9.00. The van der Waals surface area contributed by atoms with E-state index < -0.39 is 0 Å². The van der Waals surface area contributed by atoms with Crippen LogP contribution >= 0.6 is 24.0 Å². The van der Waals surface area contributed by atoms with Gasteiger partial charge >= 0.3 is 0 Å². The molecule has 0 aromatic heterocycles. The number of likely N-dealkylation sites (N-methyl/N-ethyl adjacent to an activating group) is 1. The average Bonchev–Trinajstić information content (AvgIpc) is 2.94. The Balaban J connectivity index is 0.00000192. The molecule has 1 spiro atoms. The largest absolute Gasteiger partial charge is 0.355 e. The van der Waals surface area contributed by atoms with E-state index >= 15 is 0 Å². The maximum Gasteiger partial charge on any atom is 0.193 e. The second kappa shape index (κ2) is 8.34. The zero-order chi connectivity index (χ0) is 15.6. The summed E-state index contributed by atoms with van der Waals surface area (Å²) in [7, 11) is 4.14. The summed E-state index contributed by atoms with van der Waals surface area (Å²) in [5.41, 5.74) is 0.640. The van der Waals surface area contributed by atoms with Gasteiger partial charge in [0.05, 0.1) is 0 Å². The fraction of sp³-hybridized carbons (Fsp3) is 0.941. The van der Waals surface area contributed by atoms with Gasteiger partial charge in [0.15, 0.2) is 5.96 Å². The quantitative estimate of drug-likeness (QED) is 0.416. The highest BCUT2D eigenvalue weighted by atomic mass is 127.